The summed E-state index contributed by atoms with van der Waals surface area (Å²) in [6.45, 7) is 8.12. The second kappa shape index (κ2) is 10.4. The van der Waals surface area contributed by atoms with Gasteiger partial charge in [-0.15, -0.1) is 18.4 Å². The summed E-state index contributed by atoms with van der Waals surface area (Å²) in [7, 11) is 0. The molecule has 0 spiro atoms. The Bertz CT molecular complexity index is 190. The average Bonchev–Trinajstić information content (AvgIpc) is 2.15. The highest BCUT2D eigenvalue weighted by molar-refractivity contribution is 4.97. The number of rotatable bonds is 7. The Morgan fingerprint density at radius 1 is 1.00 bits per heavy atom. The first kappa shape index (κ1) is 13.3. The molecule has 0 N–H and O–H groups in total. The Kier molecular flexibility index (Phi) is 9.86. The maximum absolute atomic E-state index is 3.90. The standard InChI is InChI=1S/C14H24/c1-4-5-6-7-8-9-10-11-12-13-14(2)3/h2,4,7-13H2,1,3H3. The third-order valence-electron chi connectivity index (χ3n) is 2.21. The Morgan fingerprint density at radius 2 is 1.64 bits per heavy atom. The van der Waals surface area contributed by atoms with Gasteiger partial charge in [-0.2, -0.15) is 0 Å². The molecule has 0 aliphatic rings. The van der Waals surface area contributed by atoms with Crippen molar-refractivity contribution in [1.29, 1.82) is 0 Å². The van der Waals surface area contributed by atoms with Gasteiger partial charge in [0, 0.05) is 12.8 Å². The van der Waals surface area contributed by atoms with E-state index >= 15 is 0 Å². The second-order valence-corrected chi connectivity index (χ2v) is 3.93. The van der Waals surface area contributed by atoms with Crippen molar-refractivity contribution < 1.29 is 0 Å². The predicted octanol–water partition coefficient (Wildman–Crippen LogP) is 4.71. The van der Waals surface area contributed by atoms with Gasteiger partial charge in [-0.05, 0) is 26.2 Å². The molecule has 0 heterocycles. The Hall–Kier alpha value is -0.700. The van der Waals surface area contributed by atoms with Crippen LogP contribution in [-0.2, 0) is 0 Å². The molecule has 0 atom stereocenters. The zero-order chi connectivity index (χ0) is 10.6. The van der Waals surface area contributed by atoms with Crippen LogP contribution in [0.2, 0.25) is 0 Å². The molecule has 80 valence electrons. The van der Waals surface area contributed by atoms with Crippen molar-refractivity contribution in [3.8, 4) is 11.8 Å². The van der Waals surface area contributed by atoms with Crippen LogP contribution in [-0.4, -0.2) is 0 Å². The summed E-state index contributed by atoms with van der Waals surface area (Å²) in [5.41, 5.74) is 1.32. The van der Waals surface area contributed by atoms with Crippen molar-refractivity contribution in [1.82, 2.24) is 0 Å². The lowest BCUT2D eigenvalue weighted by Crippen LogP contribution is -1.80. The number of hydrogen-bond donors (Lipinski definition) is 0. The highest BCUT2D eigenvalue weighted by Gasteiger charge is 1.90. The van der Waals surface area contributed by atoms with Gasteiger partial charge in [-0.1, -0.05) is 31.8 Å². The van der Waals surface area contributed by atoms with E-state index in [1.165, 1.54) is 44.1 Å². The molecule has 0 aliphatic heterocycles. The number of unbranched alkanes of at least 4 members (excludes halogenated alkanes) is 5. The van der Waals surface area contributed by atoms with E-state index in [1.54, 1.807) is 0 Å². The lowest BCUT2D eigenvalue weighted by molar-refractivity contribution is 0.619. The first-order valence-corrected chi connectivity index (χ1v) is 5.87. The Balaban J connectivity index is 3.03. The van der Waals surface area contributed by atoms with Crippen LogP contribution in [0.15, 0.2) is 12.2 Å². The van der Waals surface area contributed by atoms with Crippen molar-refractivity contribution in [2.45, 2.75) is 65.2 Å². The summed E-state index contributed by atoms with van der Waals surface area (Å²) in [4.78, 5) is 0. The van der Waals surface area contributed by atoms with Gasteiger partial charge in [-0.25, -0.2) is 0 Å². The molecule has 0 rings (SSSR count). The van der Waals surface area contributed by atoms with Crippen LogP contribution in [0.4, 0.5) is 0 Å². The largest absolute Gasteiger partial charge is 0.104 e. The SMILES string of the molecule is C=C(C)CCCCCCCC#CCC. The van der Waals surface area contributed by atoms with E-state index in [4.69, 9.17) is 0 Å². The highest BCUT2D eigenvalue weighted by atomic mass is 14.0. The first-order chi connectivity index (χ1) is 6.77. The minimum absolute atomic E-state index is 0.999. The van der Waals surface area contributed by atoms with Crippen LogP contribution < -0.4 is 0 Å². The topological polar surface area (TPSA) is 0 Å². The lowest BCUT2D eigenvalue weighted by Gasteiger charge is -1.99. The molecule has 0 bridgehead atoms. The summed E-state index contributed by atoms with van der Waals surface area (Å²) in [6.07, 6.45) is 9.95. The monoisotopic (exact) mass is 192 g/mol. The summed E-state index contributed by atoms with van der Waals surface area (Å²) < 4.78 is 0. The zero-order valence-electron chi connectivity index (χ0n) is 9.86. The molecule has 0 fully saturated rings. The van der Waals surface area contributed by atoms with Gasteiger partial charge < -0.3 is 0 Å². The third kappa shape index (κ3) is 11.3. The van der Waals surface area contributed by atoms with Crippen molar-refractivity contribution >= 4 is 0 Å². The molecule has 0 radical (unpaired) electrons. The predicted molar refractivity (Wildman–Crippen MR) is 65.2 cm³/mol. The van der Waals surface area contributed by atoms with Crippen LogP contribution in [0.5, 0.6) is 0 Å². The van der Waals surface area contributed by atoms with Gasteiger partial charge in [0.15, 0.2) is 0 Å². The minimum atomic E-state index is 0.999. The molecule has 0 amide bonds. The summed E-state index contributed by atoms with van der Waals surface area (Å²) in [5.74, 6) is 6.28. The fourth-order valence-corrected chi connectivity index (χ4v) is 1.38. The van der Waals surface area contributed by atoms with Crippen LogP contribution >= 0.6 is 0 Å². The quantitative estimate of drug-likeness (QED) is 0.311. The van der Waals surface area contributed by atoms with Crippen LogP contribution in [0.3, 0.4) is 0 Å². The smallest absolute Gasteiger partial charge is 0.00886 e. The number of allylic oxidation sites excluding steroid dienone is 1. The molecule has 0 aromatic rings. The molecule has 0 heteroatoms. The van der Waals surface area contributed by atoms with E-state index in [2.05, 4.69) is 32.3 Å². The van der Waals surface area contributed by atoms with E-state index in [0.29, 0.717) is 0 Å². The summed E-state index contributed by atoms with van der Waals surface area (Å²) in [6, 6.07) is 0. The van der Waals surface area contributed by atoms with E-state index in [1.807, 2.05) is 0 Å². The lowest BCUT2D eigenvalue weighted by atomic mass is 10.1. The van der Waals surface area contributed by atoms with Crippen molar-refractivity contribution in [3.63, 3.8) is 0 Å². The summed E-state index contributed by atoms with van der Waals surface area (Å²) in [5, 5.41) is 0. The Labute approximate surface area is 89.8 Å². The van der Waals surface area contributed by atoms with Crippen molar-refractivity contribution in [3.05, 3.63) is 12.2 Å². The van der Waals surface area contributed by atoms with Crippen LogP contribution in [0.1, 0.15) is 65.2 Å². The van der Waals surface area contributed by atoms with E-state index in [0.717, 1.165) is 12.8 Å². The molecule has 0 unspecified atom stereocenters. The maximum Gasteiger partial charge on any atom is 0.00886 e. The molecule has 0 saturated carbocycles. The normalized spacial score (nSPS) is 9.29. The number of hydrogen-bond acceptors (Lipinski definition) is 0. The van der Waals surface area contributed by atoms with Crippen LogP contribution in [0.25, 0.3) is 0 Å². The molecule has 0 saturated heterocycles. The first-order valence-electron chi connectivity index (χ1n) is 5.87. The third-order valence-corrected chi connectivity index (χ3v) is 2.21. The highest BCUT2D eigenvalue weighted by Crippen LogP contribution is 2.09. The minimum Gasteiger partial charge on any atom is -0.104 e. The van der Waals surface area contributed by atoms with Gasteiger partial charge in [-0.3, -0.25) is 0 Å². The molecule has 0 nitrogen and oxygen atoms in total. The van der Waals surface area contributed by atoms with Gasteiger partial charge in [0.1, 0.15) is 0 Å². The summed E-state index contributed by atoms with van der Waals surface area (Å²) >= 11 is 0. The van der Waals surface area contributed by atoms with E-state index in [9.17, 15) is 0 Å². The zero-order valence-corrected chi connectivity index (χ0v) is 9.86. The fraction of sp³-hybridized carbons (Fsp3) is 0.714. The molecule has 0 aromatic carbocycles. The maximum atomic E-state index is 3.90. The molecular formula is C14H24. The van der Waals surface area contributed by atoms with Crippen molar-refractivity contribution in [2.75, 3.05) is 0 Å². The van der Waals surface area contributed by atoms with Crippen molar-refractivity contribution in [2.24, 2.45) is 0 Å². The molecule has 0 aromatic heterocycles. The van der Waals surface area contributed by atoms with Gasteiger partial charge >= 0.3 is 0 Å². The molecular weight excluding hydrogens is 168 g/mol. The second-order valence-electron chi connectivity index (χ2n) is 3.93. The van der Waals surface area contributed by atoms with Crippen LogP contribution in [0, 0.1) is 11.8 Å². The van der Waals surface area contributed by atoms with E-state index in [-0.39, 0.29) is 0 Å². The average molecular weight is 192 g/mol. The molecule has 0 aliphatic carbocycles. The van der Waals surface area contributed by atoms with Gasteiger partial charge in [0.25, 0.3) is 0 Å². The fourth-order valence-electron chi connectivity index (χ4n) is 1.38. The van der Waals surface area contributed by atoms with Gasteiger partial charge in [0.2, 0.25) is 0 Å². The Morgan fingerprint density at radius 3 is 2.29 bits per heavy atom. The van der Waals surface area contributed by atoms with E-state index < -0.39 is 0 Å². The molecule has 14 heavy (non-hydrogen) atoms. The van der Waals surface area contributed by atoms with Gasteiger partial charge in [0.05, 0.1) is 0 Å².